The molecule has 12 heavy (non-hydrogen) atoms. The first kappa shape index (κ1) is 7.12. The van der Waals surface area contributed by atoms with Crippen molar-refractivity contribution in [3.05, 3.63) is 40.4 Å². The Labute approximate surface area is 68.1 Å². The van der Waals surface area contributed by atoms with Gasteiger partial charge in [0.05, 0.1) is 12.3 Å². The van der Waals surface area contributed by atoms with Gasteiger partial charge in [0.2, 0.25) is 0 Å². The maximum absolute atomic E-state index is 11.3. The first-order chi connectivity index (χ1) is 5.83. The van der Waals surface area contributed by atoms with Crippen LogP contribution < -0.4 is 5.56 Å². The van der Waals surface area contributed by atoms with E-state index in [2.05, 4.69) is 4.98 Å². The monoisotopic (exact) mass is 164 g/mol. The number of aliphatic hydroxyl groups is 1. The number of aliphatic hydroxyl groups excluding tert-OH is 1. The molecule has 62 valence electrons. The summed E-state index contributed by atoms with van der Waals surface area (Å²) in [5, 5.41) is 8.87. The zero-order chi connectivity index (χ0) is 8.55. The van der Waals surface area contributed by atoms with Gasteiger partial charge in [-0.3, -0.25) is 9.20 Å². The van der Waals surface area contributed by atoms with Gasteiger partial charge < -0.3 is 10.1 Å². The van der Waals surface area contributed by atoms with E-state index >= 15 is 0 Å². The number of imidazole rings is 1. The standard InChI is InChI=1S/C8H8N2O2/c11-5-6-4-9-7-2-1-3-8(12)10(6)7/h1-4,9,11H,5H2. The summed E-state index contributed by atoms with van der Waals surface area (Å²) >= 11 is 0. The second kappa shape index (κ2) is 2.49. The Hall–Kier alpha value is -1.55. The minimum atomic E-state index is -0.135. The average molecular weight is 164 g/mol. The van der Waals surface area contributed by atoms with Crippen molar-refractivity contribution in [2.45, 2.75) is 6.61 Å². The lowest BCUT2D eigenvalue weighted by Gasteiger charge is -1.94. The summed E-state index contributed by atoms with van der Waals surface area (Å²) in [5.41, 5.74) is 1.15. The number of H-pyrrole nitrogens is 1. The lowest BCUT2D eigenvalue weighted by Crippen LogP contribution is -2.12. The van der Waals surface area contributed by atoms with Crippen molar-refractivity contribution in [3.8, 4) is 0 Å². The third-order valence-corrected chi connectivity index (χ3v) is 1.79. The van der Waals surface area contributed by atoms with Crippen LogP contribution in [0.15, 0.2) is 29.2 Å². The molecule has 0 aromatic carbocycles. The fourth-order valence-corrected chi connectivity index (χ4v) is 1.24. The summed E-state index contributed by atoms with van der Waals surface area (Å²) in [4.78, 5) is 14.1. The highest BCUT2D eigenvalue weighted by Crippen LogP contribution is 2.01. The zero-order valence-corrected chi connectivity index (χ0v) is 6.32. The molecule has 0 saturated heterocycles. The molecule has 0 unspecified atom stereocenters. The number of aromatic nitrogens is 2. The highest BCUT2D eigenvalue weighted by Gasteiger charge is 2.01. The van der Waals surface area contributed by atoms with Gasteiger partial charge in [0.1, 0.15) is 5.65 Å². The number of rotatable bonds is 1. The van der Waals surface area contributed by atoms with Crippen LogP contribution in [0.1, 0.15) is 5.69 Å². The molecule has 0 spiro atoms. The minimum Gasteiger partial charge on any atom is -0.390 e. The molecule has 4 nitrogen and oxygen atoms in total. The fourth-order valence-electron chi connectivity index (χ4n) is 1.24. The Balaban J connectivity index is 2.92. The summed E-state index contributed by atoms with van der Waals surface area (Å²) in [7, 11) is 0. The van der Waals surface area contributed by atoms with Crippen molar-refractivity contribution >= 4 is 5.65 Å². The molecule has 0 bridgehead atoms. The number of pyridine rings is 1. The van der Waals surface area contributed by atoms with E-state index in [-0.39, 0.29) is 12.2 Å². The van der Waals surface area contributed by atoms with Gasteiger partial charge >= 0.3 is 0 Å². The molecule has 4 heteroatoms. The maximum atomic E-state index is 11.3. The van der Waals surface area contributed by atoms with Crippen molar-refractivity contribution in [1.29, 1.82) is 0 Å². The predicted octanol–water partition coefficient (Wildman–Crippen LogP) is 0.120. The molecule has 2 aromatic rings. The Morgan fingerprint density at radius 2 is 2.33 bits per heavy atom. The van der Waals surface area contributed by atoms with E-state index in [4.69, 9.17) is 5.11 Å². The summed E-state index contributed by atoms with van der Waals surface area (Å²) in [6.07, 6.45) is 1.62. The van der Waals surface area contributed by atoms with Gasteiger partial charge in [0.25, 0.3) is 5.56 Å². The highest BCUT2D eigenvalue weighted by molar-refractivity contribution is 5.39. The molecule has 0 saturated carbocycles. The molecule has 0 atom stereocenters. The Kier molecular flexibility index (Phi) is 1.48. The third-order valence-electron chi connectivity index (χ3n) is 1.79. The molecule has 0 aliphatic carbocycles. The van der Waals surface area contributed by atoms with Gasteiger partial charge in [0, 0.05) is 12.3 Å². The van der Waals surface area contributed by atoms with Crippen molar-refractivity contribution < 1.29 is 5.11 Å². The van der Waals surface area contributed by atoms with Crippen LogP contribution in [0.4, 0.5) is 0 Å². The van der Waals surface area contributed by atoms with Crippen LogP contribution in [0.3, 0.4) is 0 Å². The third kappa shape index (κ3) is 0.853. The Morgan fingerprint density at radius 1 is 1.50 bits per heavy atom. The summed E-state index contributed by atoms with van der Waals surface area (Å²) in [6.45, 7) is -0.135. The van der Waals surface area contributed by atoms with Crippen LogP contribution in [-0.2, 0) is 6.61 Å². The predicted molar refractivity (Wildman–Crippen MR) is 43.9 cm³/mol. The van der Waals surface area contributed by atoms with E-state index in [0.717, 1.165) is 0 Å². The summed E-state index contributed by atoms with van der Waals surface area (Å²) in [5.74, 6) is 0. The van der Waals surface area contributed by atoms with Crippen LogP contribution >= 0.6 is 0 Å². The number of nitrogens with one attached hydrogen (secondary N) is 1. The number of hydrogen-bond donors (Lipinski definition) is 2. The number of aromatic amines is 1. The zero-order valence-electron chi connectivity index (χ0n) is 6.32. The van der Waals surface area contributed by atoms with Gasteiger partial charge in [-0.05, 0) is 6.07 Å². The SMILES string of the molecule is O=c1cccc2[nH]cc(CO)n12. The molecule has 2 N–H and O–H groups in total. The van der Waals surface area contributed by atoms with Crippen LogP contribution in [0, 0.1) is 0 Å². The summed E-state index contributed by atoms with van der Waals surface area (Å²) < 4.78 is 1.44. The van der Waals surface area contributed by atoms with Gasteiger partial charge in [-0.2, -0.15) is 0 Å². The number of hydrogen-bond acceptors (Lipinski definition) is 2. The fraction of sp³-hybridized carbons (Fsp3) is 0.125. The van der Waals surface area contributed by atoms with Crippen LogP contribution in [-0.4, -0.2) is 14.5 Å². The van der Waals surface area contributed by atoms with Crippen LogP contribution in [0.5, 0.6) is 0 Å². The Morgan fingerprint density at radius 3 is 3.08 bits per heavy atom. The quantitative estimate of drug-likeness (QED) is 0.629. The largest absolute Gasteiger partial charge is 0.390 e. The van der Waals surface area contributed by atoms with Crippen molar-refractivity contribution in [1.82, 2.24) is 9.38 Å². The normalized spacial score (nSPS) is 10.8. The number of fused-ring (bicyclic) bond motifs is 1. The second-order valence-corrected chi connectivity index (χ2v) is 2.52. The lowest BCUT2D eigenvalue weighted by atomic mass is 10.4. The van der Waals surface area contributed by atoms with Crippen molar-refractivity contribution in [2.24, 2.45) is 0 Å². The molecule has 0 fully saturated rings. The molecule has 0 aliphatic heterocycles. The molecule has 2 rings (SSSR count). The minimum absolute atomic E-state index is 0.127. The molecule has 0 amide bonds. The smallest absolute Gasteiger partial charge is 0.256 e. The number of nitrogens with zero attached hydrogens (tertiary/aromatic N) is 1. The van der Waals surface area contributed by atoms with Gasteiger partial charge in [-0.15, -0.1) is 0 Å². The van der Waals surface area contributed by atoms with E-state index in [1.807, 2.05) is 0 Å². The molecular weight excluding hydrogens is 156 g/mol. The Bertz CT molecular complexity index is 455. The summed E-state index contributed by atoms with van der Waals surface area (Å²) in [6, 6.07) is 4.91. The first-order valence-electron chi connectivity index (χ1n) is 3.62. The molecule has 2 heterocycles. The maximum Gasteiger partial charge on any atom is 0.256 e. The first-order valence-corrected chi connectivity index (χ1v) is 3.62. The molecule has 0 radical (unpaired) electrons. The van der Waals surface area contributed by atoms with Gasteiger partial charge in [-0.1, -0.05) is 6.07 Å². The van der Waals surface area contributed by atoms with E-state index in [0.29, 0.717) is 11.3 Å². The topological polar surface area (TPSA) is 57.5 Å². The van der Waals surface area contributed by atoms with E-state index in [9.17, 15) is 4.79 Å². The van der Waals surface area contributed by atoms with Crippen LogP contribution in [0.2, 0.25) is 0 Å². The van der Waals surface area contributed by atoms with E-state index in [1.54, 1.807) is 18.3 Å². The molecular formula is C8H8N2O2. The highest BCUT2D eigenvalue weighted by atomic mass is 16.3. The van der Waals surface area contributed by atoms with E-state index in [1.165, 1.54) is 10.5 Å². The van der Waals surface area contributed by atoms with Crippen LogP contribution in [0.25, 0.3) is 5.65 Å². The van der Waals surface area contributed by atoms with Crippen molar-refractivity contribution in [3.63, 3.8) is 0 Å². The second-order valence-electron chi connectivity index (χ2n) is 2.52. The molecule has 0 aliphatic rings. The van der Waals surface area contributed by atoms with E-state index < -0.39 is 0 Å². The molecule has 2 aromatic heterocycles. The van der Waals surface area contributed by atoms with Gasteiger partial charge in [-0.25, -0.2) is 0 Å². The van der Waals surface area contributed by atoms with Gasteiger partial charge in [0.15, 0.2) is 0 Å². The lowest BCUT2D eigenvalue weighted by molar-refractivity contribution is 0.275. The van der Waals surface area contributed by atoms with Crippen molar-refractivity contribution in [2.75, 3.05) is 0 Å². The average Bonchev–Trinajstić information content (AvgIpc) is 2.49.